The van der Waals surface area contributed by atoms with E-state index in [0.29, 0.717) is 18.0 Å². The highest BCUT2D eigenvalue weighted by Gasteiger charge is 2.22. The first-order valence-corrected chi connectivity index (χ1v) is 6.66. The topological polar surface area (TPSA) is 75.1 Å². The zero-order valence-corrected chi connectivity index (χ0v) is 12.2. The maximum absolute atomic E-state index is 12.0. The molecule has 0 radical (unpaired) electrons. The molecule has 108 valence electrons. The van der Waals surface area contributed by atoms with Crippen LogP contribution in [0.5, 0.6) is 0 Å². The Morgan fingerprint density at radius 3 is 2.60 bits per heavy atom. The number of H-pyrrole nitrogens is 1. The van der Waals surface area contributed by atoms with Crippen LogP contribution in [0.1, 0.15) is 38.1 Å². The number of hydrogen-bond donors (Lipinski definition) is 2. The van der Waals surface area contributed by atoms with Crippen LogP contribution in [0.15, 0.2) is 23.0 Å². The normalized spacial score (nSPS) is 13.6. The van der Waals surface area contributed by atoms with Gasteiger partial charge >= 0.3 is 11.7 Å². The minimum absolute atomic E-state index is 0.101. The summed E-state index contributed by atoms with van der Waals surface area (Å²) in [4.78, 5) is 25.7. The first kappa shape index (κ1) is 14.4. The van der Waals surface area contributed by atoms with E-state index in [-0.39, 0.29) is 16.7 Å². The van der Waals surface area contributed by atoms with Gasteiger partial charge in [-0.1, -0.05) is 27.7 Å². The Labute approximate surface area is 117 Å². The largest absolute Gasteiger partial charge is 0.478 e. The SMILES string of the molecule is CC(Cn1c(=O)[nH]c2cc(C(=O)O)ccc21)C(C)(C)C. The molecule has 0 bridgehead atoms. The molecule has 2 N–H and O–H groups in total. The second kappa shape index (κ2) is 4.81. The van der Waals surface area contributed by atoms with Crippen molar-refractivity contribution in [1.29, 1.82) is 0 Å². The third-order valence-electron chi connectivity index (χ3n) is 3.96. The van der Waals surface area contributed by atoms with Gasteiger partial charge in [-0.2, -0.15) is 0 Å². The lowest BCUT2D eigenvalue weighted by Gasteiger charge is -2.27. The number of hydrogen-bond acceptors (Lipinski definition) is 2. The van der Waals surface area contributed by atoms with E-state index in [1.165, 1.54) is 12.1 Å². The standard InChI is InChI=1S/C15H20N2O3/c1-9(15(2,3)4)8-17-12-6-5-10(13(18)19)7-11(12)16-14(17)20/h5-7,9H,8H2,1-4H3,(H,16,20)(H,18,19). The van der Waals surface area contributed by atoms with Gasteiger partial charge in [-0.15, -0.1) is 0 Å². The maximum Gasteiger partial charge on any atom is 0.335 e. The zero-order chi connectivity index (χ0) is 15.1. The van der Waals surface area contributed by atoms with E-state index >= 15 is 0 Å². The number of nitrogens with one attached hydrogen (secondary N) is 1. The van der Waals surface area contributed by atoms with Crippen LogP contribution in [0, 0.1) is 11.3 Å². The molecule has 2 rings (SSSR count). The average molecular weight is 276 g/mol. The Balaban J connectivity index is 2.47. The number of carboxylic acid groups (broad SMARTS) is 1. The summed E-state index contributed by atoms with van der Waals surface area (Å²) in [7, 11) is 0. The summed E-state index contributed by atoms with van der Waals surface area (Å²) in [5.74, 6) is -0.679. The summed E-state index contributed by atoms with van der Waals surface area (Å²) >= 11 is 0. The highest BCUT2D eigenvalue weighted by molar-refractivity contribution is 5.92. The van der Waals surface area contributed by atoms with E-state index in [9.17, 15) is 9.59 Å². The lowest BCUT2D eigenvalue weighted by molar-refractivity contribution is 0.0697. The van der Waals surface area contributed by atoms with Gasteiger partial charge in [0.25, 0.3) is 0 Å². The molecule has 0 aliphatic heterocycles. The number of imidazole rings is 1. The lowest BCUT2D eigenvalue weighted by atomic mass is 9.82. The number of rotatable bonds is 3. The van der Waals surface area contributed by atoms with Crippen molar-refractivity contribution in [3.8, 4) is 0 Å². The Morgan fingerprint density at radius 2 is 2.05 bits per heavy atom. The van der Waals surface area contributed by atoms with Gasteiger partial charge in [-0.25, -0.2) is 9.59 Å². The zero-order valence-electron chi connectivity index (χ0n) is 12.2. The van der Waals surface area contributed by atoms with Crippen LogP contribution < -0.4 is 5.69 Å². The highest BCUT2D eigenvalue weighted by Crippen LogP contribution is 2.27. The van der Waals surface area contributed by atoms with E-state index in [4.69, 9.17) is 5.11 Å². The molecule has 0 fully saturated rings. The van der Waals surface area contributed by atoms with Crippen LogP contribution in [0.25, 0.3) is 11.0 Å². The Hall–Kier alpha value is -2.04. The lowest BCUT2D eigenvalue weighted by Crippen LogP contribution is -2.27. The number of aromatic carboxylic acids is 1. The van der Waals surface area contributed by atoms with E-state index in [1.807, 2.05) is 0 Å². The molecule has 2 aromatic rings. The molecule has 0 saturated carbocycles. The van der Waals surface area contributed by atoms with E-state index in [1.54, 1.807) is 10.6 Å². The van der Waals surface area contributed by atoms with Gasteiger partial charge in [0.1, 0.15) is 0 Å². The summed E-state index contributed by atoms with van der Waals surface area (Å²) < 4.78 is 1.68. The fraction of sp³-hybridized carbons (Fsp3) is 0.467. The van der Waals surface area contributed by atoms with Crippen molar-refractivity contribution in [2.75, 3.05) is 0 Å². The molecule has 1 aromatic carbocycles. The van der Waals surface area contributed by atoms with Gasteiger partial charge in [0.2, 0.25) is 0 Å². The molecule has 1 aromatic heterocycles. The van der Waals surface area contributed by atoms with Gasteiger partial charge in [-0.3, -0.25) is 4.57 Å². The van der Waals surface area contributed by atoms with Crippen LogP contribution in [-0.4, -0.2) is 20.6 Å². The molecule has 1 heterocycles. The highest BCUT2D eigenvalue weighted by atomic mass is 16.4. The van der Waals surface area contributed by atoms with Crippen molar-refractivity contribution in [3.63, 3.8) is 0 Å². The van der Waals surface area contributed by atoms with Crippen LogP contribution in [-0.2, 0) is 6.54 Å². The molecule has 0 aliphatic carbocycles. The van der Waals surface area contributed by atoms with Gasteiger partial charge < -0.3 is 10.1 Å². The molecule has 1 atom stereocenters. The smallest absolute Gasteiger partial charge is 0.335 e. The van der Waals surface area contributed by atoms with Gasteiger partial charge in [-0.05, 0) is 29.5 Å². The molecule has 5 nitrogen and oxygen atoms in total. The van der Waals surface area contributed by atoms with Gasteiger partial charge in [0, 0.05) is 6.54 Å². The Kier molecular flexibility index (Phi) is 3.46. The first-order chi connectivity index (χ1) is 9.20. The summed E-state index contributed by atoms with van der Waals surface area (Å²) in [6.45, 7) is 9.13. The summed E-state index contributed by atoms with van der Waals surface area (Å²) in [6, 6.07) is 4.71. The fourth-order valence-corrected chi connectivity index (χ4v) is 2.03. The number of benzene rings is 1. The molecule has 0 spiro atoms. The van der Waals surface area contributed by atoms with Crippen molar-refractivity contribution in [2.45, 2.75) is 34.2 Å². The monoisotopic (exact) mass is 276 g/mol. The quantitative estimate of drug-likeness (QED) is 0.905. The molecular weight excluding hydrogens is 256 g/mol. The third kappa shape index (κ3) is 2.61. The third-order valence-corrected chi connectivity index (χ3v) is 3.96. The number of aromatic amines is 1. The maximum atomic E-state index is 12.0. The minimum Gasteiger partial charge on any atom is -0.478 e. The molecule has 20 heavy (non-hydrogen) atoms. The fourth-order valence-electron chi connectivity index (χ4n) is 2.03. The molecule has 0 saturated heterocycles. The summed E-state index contributed by atoms with van der Waals surface area (Å²) in [6.07, 6.45) is 0. The second-order valence-electron chi connectivity index (χ2n) is 6.34. The first-order valence-electron chi connectivity index (χ1n) is 6.66. The van der Waals surface area contributed by atoms with Gasteiger partial charge in [0.05, 0.1) is 16.6 Å². The van der Waals surface area contributed by atoms with Crippen LogP contribution in [0.4, 0.5) is 0 Å². The number of fused-ring (bicyclic) bond motifs is 1. The predicted octanol–water partition coefficient (Wildman–Crippen LogP) is 2.71. The van der Waals surface area contributed by atoms with E-state index in [2.05, 4.69) is 32.7 Å². The van der Waals surface area contributed by atoms with Crippen LogP contribution in [0.3, 0.4) is 0 Å². The van der Waals surface area contributed by atoms with Crippen molar-refractivity contribution in [1.82, 2.24) is 9.55 Å². The van der Waals surface area contributed by atoms with Crippen molar-refractivity contribution < 1.29 is 9.90 Å². The van der Waals surface area contributed by atoms with Gasteiger partial charge in [0.15, 0.2) is 0 Å². The van der Waals surface area contributed by atoms with Crippen molar-refractivity contribution in [2.24, 2.45) is 11.3 Å². The van der Waals surface area contributed by atoms with E-state index < -0.39 is 5.97 Å². The number of nitrogens with zero attached hydrogens (tertiary/aromatic N) is 1. The molecule has 5 heteroatoms. The number of aromatic nitrogens is 2. The van der Waals surface area contributed by atoms with Crippen molar-refractivity contribution >= 4 is 17.0 Å². The molecule has 0 amide bonds. The Morgan fingerprint density at radius 1 is 1.40 bits per heavy atom. The van der Waals surface area contributed by atoms with E-state index in [0.717, 1.165) is 5.52 Å². The predicted molar refractivity (Wildman–Crippen MR) is 78.1 cm³/mol. The Bertz CT molecular complexity index is 704. The summed E-state index contributed by atoms with van der Waals surface area (Å²) in [5, 5.41) is 8.97. The molecule has 1 unspecified atom stereocenters. The van der Waals surface area contributed by atoms with Crippen LogP contribution in [0.2, 0.25) is 0 Å². The summed E-state index contributed by atoms with van der Waals surface area (Å²) in [5.41, 5.74) is 1.39. The molecular formula is C15H20N2O3. The average Bonchev–Trinajstić information content (AvgIpc) is 2.63. The molecule has 0 aliphatic rings. The number of carboxylic acids is 1. The number of carbonyl (C=O) groups is 1. The van der Waals surface area contributed by atoms with Crippen LogP contribution >= 0.6 is 0 Å². The van der Waals surface area contributed by atoms with Crippen molar-refractivity contribution in [3.05, 3.63) is 34.2 Å². The minimum atomic E-state index is -0.997. The second-order valence-corrected chi connectivity index (χ2v) is 6.34.